The molecule has 2 rings (SSSR count). The molecular weight excluding hydrogens is 288 g/mol. The summed E-state index contributed by atoms with van der Waals surface area (Å²) in [7, 11) is 0. The average Bonchev–Trinajstić information content (AvgIpc) is 2.70. The van der Waals surface area contributed by atoms with Crippen LogP contribution in [0, 0.1) is 5.92 Å². The highest BCUT2D eigenvalue weighted by molar-refractivity contribution is 9.09. The van der Waals surface area contributed by atoms with Gasteiger partial charge in [0, 0.05) is 4.83 Å². The monoisotopic (exact) mass is 316 g/mol. The molecule has 0 N–H and O–H groups in total. The summed E-state index contributed by atoms with van der Waals surface area (Å²) < 4.78 is 6.42. The van der Waals surface area contributed by atoms with E-state index in [-0.39, 0.29) is 0 Å². The van der Waals surface area contributed by atoms with Crippen LogP contribution in [0.5, 0.6) is 0 Å². The molecule has 0 bridgehead atoms. The van der Waals surface area contributed by atoms with E-state index >= 15 is 0 Å². The van der Waals surface area contributed by atoms with Crippen LogP contribution in [0.2, 0.25) is 0 Å². The van der Waals surface area contributed by atoms with E-state index in [0.717, 1.165) is 5.92 Å². The lowest BCUT2D eigenvalue weighted by Crippen LogP contribution is -2.31. The van der Waals surface area contributed by atoms with E-state index < -0.39 is 0 Å². The van der Waals surface area contributed by atoms with Crippen LogP contribution >= 0.6 is 15.9 Å². The Balaban J connectivity index is 1.69. The number of rotatable bonds is 5. The summed E-state index contributed by atoms with van der Waals surface area (Å²) in [6.45, 7) is 4.61. The van der Waals surface area contributed by atoms with Gasteiger partial charge in [0.25, 0.3) is 0 Å². The molecule has 0 aromatic heterocycles. The van der Waals surface area contributed by atoms with Crippen LogP contribution in [0.3, 0.4) is 0 Å². The molecule has 2 fully saturated rings. The first-order valence-electron chi connectivity index (χ1n) is 7.91. The van der Waals surface area contributed by atoms with Crippen LogP contribution < -0.4 is 0 Å². The van der Waals surface area contributed by atoms with Gasteiger partial charge in [-0.05, 0) is 50.9 Å². The molecule has 0 radical (unpaired) electrons. The van der Waals surface area contributed by atoms with Crippen molar-refractivity contribution < 1.29 is 4.74 Å². The molecule has 2 atom stereocenters. The summed E-state index contributed by atoms with van der Waals surface area (Å²) in [5, 5.41) is 0. The van der Waals surface area contributed by atoms with E-state index in [1.165, 1.54) is 64.2 Å². The molecule has 1 nitrogen and oxygen atoms in total. The van der Waals surface area contributed by atoms with Gasteiger partial charge in [-0.3, -0.25) is 0 Å². The zero-order valence-electron chi connectivity index (χ0n) is 12.1. The summed E-state index contributed by atoms with van der Waals surface area (Å²) in [6, 6.07) is 0. The molecule has 1 saturated heterocycles. The quantitative estimate of drug-likeness (QED) is 0.612. The Morgan fingerprint density at radius 1 is 1.17 bits per heavy atom. The van der Waals surface area contributed by atoms with Gasteiger partial charge >= 0.3 is 0 Å². The number of alkyl halides is 1. The van der Waals surface area contributed by atoms with Crippen LogP contribution in [0.4, 0.5) is 0 Å². The number of hydrogen-bond acceptors (Lipinski definition) is 1. The summed E-state index contributed by atoms with van der Waals surface area (Å²) in [6.07, 6.45) is 13.9. The van der Waals surface area contributed by atoms with Gasteiger partial charge in [-0.25, -0.2) is 0 Å². The van der Waals surface area contributed by atoms with Crippen molar-refractivity contribution in [1.29, 1.82) is 0 Å². The first-order chi connectivity index (χ1) is 8.60. The molecule has 0 aromatic rings. The van der Waals surface area contributed by atoms with Gasteiger partial charge in [-0.2, -0.15) is 0 Å². The van der Waals surface area contributed by atoms with E-state index in [4.69, 9.17) is 4.74 Å². The Morgan fingerprint density at radius 2 is 1.89 bits per heavy atom. The van der Waals surface area contributed by atoms with Crippen molar-refractivity contribution in [3.8, 4) is 0 Å². The lowest BCUT2D eigenvalue weighted by molar-refractivity contribution is -0.0660. The molecule has 0 amide bonds. The zero-order chi connectivity index (χ0) is 13.0. The molecule has 1 heterocycles. The molecular formula is C16H29BrO. The van der Waals surface area contributed by atoms with E-state index in [1.54, 1.807) is 0 Å². The fourth-order valence-corrected chi connectivity index (χ4v) is 4.67. The predicted octanol–water partition coefficient (Wildman–Crippen LogP) is 5.46. The van der Waals surface area contributed by atoms with Crippen LogP contribution in [0.25, 0.3) is 0 Å². The molecule has 106 valence electrons. The Hall–Kier alpha value is 0.440. The summed E-state index contributed by atoms with van der Waals surface area (Å²) in [5.41, 5.74) is 0.308. The van der Waals surface area contributed by atoms with Gasteiger partial charge in [0.15, 0.2) is 0 Å². The molecule has 1 saturated carbocycles. The maximum Gasteiger partial charge on any atom is 0.0687 e. The molecule has 18 heavy (non-hydrogen) atoms. The number of halogens is 1. The lowest BCUT2D eigenvalue weighted by Gasteiger charge is -2.33. The van der Waals surface area contributed by atoms with Gasteiger partial charge < -0.3 is 4.74 Å². The average molecular weight is 317 g/mol. The predicted molar refractivity (Wildman–Crippen MR) is 81.3 cm³/mol. The SMILES string of the molecule is CC(C)CC(Br)CCC1CCC2(CCCCC2)O1. The van der Waals surface area contributed by atoms with Crippen molar-refractivity contribution in [2.24, 2.45) is 5.92 Å². The van der Waals surface area contributed by atoms with E-state index in [1.807, 2.05) is 0 Å². The Kier molecular flexibility index (Phi) is 5.56. The summed E-state index contributed by atoms with van der Waals surface area (Å²) in [4.78, 5) is 0.684. The van der Waals surface area contributed by atoms with Crippen LogP contribution in [-0.2, 0) is 4.74 Å². The highest BCUT2D eigenvalue weighted by atomic mass is 79.9. The van der Waals surface area contributed by atoms with Crippen molar-refractivity contribution in [3.05, 3.63) is 0 Å². The maximum absolute atomic E-state index is 6.42. The second-order valence-electron chi connectivity index (χ2n) is 6.83. The molecule has 0 aromatic carbocycles. The zero-order valence-corrected chi connectivity index (χ0v) is 13.7. The fraction of sp³-hybridized carbons (Fsp3) is 1.00. The van der Waals surface area contributed by atoms with Crippen molar-refractivity contribution >= 4 is 15.9 Å². The summed E-state index contributed by atoms with van der Waals surface area (Å²) >= 11 is 3.82. The van der Waals surface area contributed by atoms with Gasteiger partial charge in [0.05, 0.1) is 11.7 Å². The van der Waals surface area contributed by atoms with Gasteiger partial charge in [0.2, 0.25) is 0 Å². The van der Waals surface area contributed by atoms with Gasteiger partial charge in [-0.15, -0.1) is 0 Å². The van der Waals surface area contributed by atoms with Crippen molar-refractivity contribution in [2.45, 2.75) is 94.6 Å². The van der Waals surface area contributed by atoms with Gasteiger partial charge in [-0.1, -0.05) is 49.0 Å². The van der Waals surface area contributed by atoms with Crippen molar-refractivity contribution in [3.63, 3.8) is 0 Å². The molecule has 2 aliphatic rings. The minimum Gasteiger partial charge on any atom is -0.372 e. The number of hydrogen-bond donors (Lipinski definition) is 0. The van der Waals surface area contributed by atoms with Crippen molar-refractivity contribution in [1.82, 2.24) is 0 Å². The Bertz CT molecular complexity index is 245. The molecule has 2 heteroatoms. The minimum atomic E-state index is 0.308. The third kappa shape index (κ3) is 4.23. The maximum atomic E-state index is 6.42. The van der Waals surface area contributed by atoms with Gasteiger partial charge in [0.1, 0.15) is 0 Å². The third-order valence-electron chi connectivity index (χ3n) is 4.63. The topological polar surface area (TPSA) is 9.23 Å². The molecule has 1 aliphatic heterocycles. The second kappa shape index (κ2) is 6.74. The fourth-order valence-electron chi connectivity index (χ4n) is 3.66. The normalized spacial score (nSPS) is 29.0. The highest BCUT2D eigenvalue weighted by Crippen LogP contribution is 2.43. The largest absolute Gasteiger partial charge is 0.372 e. The third-order valence-corrected chi connectivity index (χ3v) is 5.46. The first kappa shape index (κ1) is 14.8. The van der Waals surface area contributed by atoms with Crippen LogP contribution in [0.15, 0.2) is 0 Å². The van der Waals surface area contributed by atoms with E-state index in [2.05, 4.69) is 29.8 Å². The Labute approximate surface area is 121 Å². The van der Waals surface area contributed by atoms with Crippen LogP contribution in [0.1, 0.15) is 78.1 Å². The standard InChI is InChI=1S/C16H29BrO/c1-13(2)12-14(17)6-7-15-8-11-16(18-15)9-4-3-5-10-16/h13-15H,3-12H2,1-2H3. The van der Waals surface area contributed by atoms with E-state index in [9.17, 15) is 0 Å². The second-order valence-corrected chi connectivity index (χ2v) is 8.12. The molecule has 2 unspecified atom stereocenters. The first-order valence-corrected chi connectivity index (χ1v) is 8.83. The lowest BCUT2D eigenvalue weighted by atomic mass is 9.83. The van der Waals surface area contributed by atoms with E-state index in [0.29, 0.717) is 16.5 Å². The Morgan fingerprint density at radius 3 is 2.56 bits per heavy atom. The molecule has 1 aliphatic carbocycles. The molecule has 1 spiro atoms. The smallest absolute Gasteiger partial charge is 0.0687 e. The number of ether oxygens (including phenoxy) is 1. The highest BCUT2D eigenvalue weighted by Gasteiger charge is 2.40. The van der Waals surface area contributed by atoms with Crippen molar-refractivity contribution in [2.75, 3.05) is 0 Å². The van der Waals surface area contributed by atoms with Crippen LogP contribution in [-0.4, -0.2) is 16.5 Å². The minimum absolute atomic E-state index is 0.308. The summed E-state index contributed by atoms with van der Waals surface area (Å²) in [5.74, 6) is 0.795.